The second-order valence-electron chi connectivity index (χ2n) is 7.19. The van der Waals surface area contributed by atoms with Crippen LogP contribution in [0.2, 0.25) is 13.3 Å². The molecule has 4 heteroatoms. The first-order valence-corrected chi connectivity index (χ1v) is 17.4. The van der Waals surface area contributed by atoms with Crippen LogP contribution < -0.4 is 3.71 Å². The fourth-order valence-corrected chi connectivity index (χ4v) is 21.1. The van der Waals surface area contributed by atoms with Gasteiger partial charge >= 0.3 is 146 Å². The molecule has 0 amide bonds. The number of hydrogen-bond donors (Lipinski definition) is 1. The van der Waals surface area contributed by atoms with E-state index in [1.165, 1.54) is 55.5 Å². The zero-order chi connectivity index (χ0) is 16.6. The topological polar surface area (TPSA) is 33.1 Å². The molecule has 0 saturated heterocycles. The summed E-state index contributed by atoms with van der Waals surface area (Å²) in [6.07, 6.45) is 7.95. The molecule has 0 atom stereocenters. The van der Waals surface area contributed by atoms with Gasteiger partial charge in [-0.25, -0.2) is 0 Å². The van der Waals surface area contributed by atoms with E-state index >= 15 is 0 Å². The first-order chi connectivity index (χ1) is 10.4. The van der Waals surface area contributed by atoms with Crippen LogP contribution in [0.4, 0.5) is 0 Å². The Morgan fingerprint density at radius 3 is 1.77 bits per heavy atom. The number of rotatable bonds is 11. The fraction of sp³-hybridized carbons (Fsp3) is 0.833. The first kappa shape index (κ1) is 20.4. The van der Waals surface area contributed by atoms with E-state index in [2.05, 4.69) is 26.2 Å². The van der Waals surface area contributed by atoms with E-state index in [0.29, 0.717) is 0 Å². The van der Waals surface area contributed by atoms with Gasteiger partial charge in [-0.3, -0.25) is 0 Å². The fourth-order valence-electron chi connectivity index (χ4n) is 3.10. The average molecular weight is 432 g/mol. The number of nitrogens with zero attached hydrogens (tertiary/aromatic N) is 1. The van der Waals surface area contributed by atoms with E-state index in [1.54, 1.807) is 11.3 Å². The molecular formula is C18H35NOSSn. The SMILES string of the molecule is CCC[CH2][Sn]([CH2]CCC)([CH2]CCC)[c]1csc(C(C)(C)O)n1. The van der Waals surface area contributed by atoms with Gasteiger partial charge < -0.3 is 0 Å². The molecule has 0 aliphatic heterocycles. The first-order valence-electron chi connectivity index (χ1n) is 9.08. The van der Waals surface area contributed by atoms with Gasteiger partial charge in [-0.2, -0.15) is 0 Å². The van der Waals surface area contributed by atoms with Gasteiger partial charge in [-0.1, -0.05) is 0 Å². The van der Waals surface area contributed by atoms with Crippen LogP contribution in [0.15, 0.2) is 5.38 Å². The maximum absolute atomic E-state index is 10.3. The van der Waals surface area contributed by atoms with Gasteiger partial charge in [0.15, 0.2) is 0 Å². The standard InChI is InChI=1S/C6H8NOS.3C4H9.Sn/c1-6(2,8)5-7-3-4-9-5;3*1-3-4-2;/h4,8H,1-2H3;3*1,3-4H2,2H3;. The molecule has 1 aromatic heterocycles. The number of aromatic nitrogens is 1. The van der Waals surface area contributed by atoms with Crippen molar-refractivity contribution in [3.8, 4) is 0 Å². The molecule has 0 radical (unpaired) electrons. The Morgan fingerprint density at radius 1 is 1.00 bits per heavy atom. The van der Waals surface area contributed by atoms with E-state index in [0.717, 1.165) is 5.01 Å². The van der Waals surface area contributed by atoms with E-state index in [4.69, 9.17) is 4.98 Å². The van der Waals surface area contributed by atoms with Crippen LogP contribution in [0.1, 0.15) is 78.2 Å². The number of hydrogen-bond acceptors (Lipinski definition) is 3. The van der Waals surface area contributed by atoms with Crippen molar-refractivity contribution in [1.82, 2.24) is 4.98 Å². The van der Waals surface area contributed by atoms with Crippen LogP contribution in [0.5, 0.6) is 0 Å². The van der Waals surface area contributed by atoms with Crippen LogP contribution in [-0.4, -0.2) is 28.5 Å². The van der Waals surface area contributed by atoms with Gasteiger partial charge in [-0.05, 0) is 0 Å². The number of thiazole rings is 1. The van der Waals surface area contributed by atoms with E-state index in [9.17, 15) is 5.11 Å². The molecule has 0 bridgehead atoms. The van der Waals surface area contributed by atoms with Crippen molar-refractivity contribution in [2.75, 3.05) is 0 Å². The summed E-state index contributed by atoms with van der Waals surface area (Å²) in [5.74, 6) is 0. The molecule has 22 heavy (non-hydrogen) atoms. The predicted octanol–water partition coefficient (Wildman–Crippen LogP) is 5.43. The summed E-state index contributed by atoms with van der Waals surface area (Å²) >= 11 is -0.714. The molecule has 0 fully saturated rings. The van der Waals surface area contributed by atoms with E-state index in [-0.39, 0.29) is 0 Å². The Morgan fingerprint density at radius 2 is 1.45 bits per heavy atom. The maximum atomic E-state index is 10.3. The van der Waals surface area contributed by atoms with Crippen molar-refractivity contribution in [1.29, 1.82) is 0 Å². The molecule has 0 spiro atoms. The van der Waals surface area contributed by atoms with Crippen LogP contribution in [-0.2, 0) is 5.60 Å². The molecule has 2 nitrogen and oxygen atoms in total. The molecular weight excluding hydrogens is 397 g/mol. The summed E-state index contributed by atoms with van der Waals surface area (Å²) in [5.41, 5.74) is -0.791. The van der Waals surface area contributed by atoms with Gasteiger partial charge in [0.25, 0.3) is 0 Å². The van der Waals surface area contributed by atoms with Crippen LogP contribution >= 0.6 is 11.3 Å². The van der Waals surface area contributed by atoms with Crippen molar-refractivity contribution >= 4 is 33.4 Å². The zero-order valence-corrected chi connectivity index (χ0v) is 18.9. The Labute approximate surface area is 145 Å². The van der Waals surface area contributed by atoms with E-state index in [1.807, 2.05) is 13.8 Å². The van der Waals surface area contributed by atoms with Crippen molar-refractivity contribution in [2.45, 2.75) is 92.1 Å². The van der Waals surface area contributed by atoms with Gasteiger partial charge in [0.05, 0.1) is 0 Å². The third-order valence-corrected chi connectivity index (χ3v) is 21.4. The summed E-state index contributed by atoms with van der Waals surface area (Å²) in [5, 5.41) is 13.5. The van der Waals surface area contributed by atoms with Crippen molar-refractivity contribution in [2.24, 2.45) is 0 Å². The third kappa shape index (κ3) is 5.79. The zero-order valence-electron chi connectivity index (χ0n) is 15.2. The Bertz CT molecular complexity index is 403. The summed E-state index contributed by atoms with van der Waals surface area (Å²) in [7, 11) is 0. The number of unbranched alkanes of at least 4 members (excludes halogenated alkanes) is 3. The summed E-state index contributed by atoms with van der Waals surface area (Å²) in [6, 6.07) is 0. The van der Waals surface area contributed by atoms with Gasteiger partial charge in [0.1, 0.15) is 0 Å². The molecule has 1 N–H and O–H groups in total. The van der Waals surface area contributed by atoms with Crippen molar-refractivity contribution in [3.05, 3.63) is 10.4 Å². The van der Waals surface area contributed by atoms with Crippen molar-refractivity contribution < 1.29 is 5.11 Å². The molecule has 0 unspecified atom stereocenters. The third-order valence-electron chi connectivity index (χ3n) is 4.60. The Balaban J connectivity index is 3.10. The summed E-state index contributed by atoms with van der Waals surface area (Å²) < 4.78 is 5.78. The van der Waals surface area contributed by atoms with Gasteiger partial charge in [0.2, 0.25) is 0 Å². The normalized spacial score (nSPS) is 12.8. The molecule has 1 rings (SSSR count). The molecule has 0 aliphatic rings. The van der Waals surface area contributed by atoms with Gasteiger partial charge in [-0.15, -0.1) is 0 Å². The monoisotopic (exact) mass is 433 g/mol. The predicted molar refractivity (Wildman–Crippen MR) is 102 cm³/mol. The second-order valence-corrected chi connectivity index (χ2v) is 21.1. The van der Waals surface area contributed by atoms with Crippen LogP contribution in [0.3, 0.4) is 0 Å². The van der Waals surface area contributed by atoms with E-state index < -0.39 is 24.0 Å². The molecule has 0 saturated carbocycles. The van der Waals surface area contributed by atoms with Crippen LogP contribution in [0.25, 0.3) is 0 Å². The summed E-state index contributed by atoms with van der Waals surface area (Å²) in [6.45, 7) is 10.6. The molecule has 0 aliphatic carbocycles. The summed E-state index contributed by atoms with van der Waals surface area (Å²) in [4.78, 5) is 4.97. The minimum absolute atomic E-state index is 0.791. The van der Waals surface area contributed by atoms with Crippen LogP contribution in [0, 0.1) is 0 Å². The molecule has 1 aromatic rings. The van der Waals surface area contributed by atoms with Gasteiger partial charge in [0, 0.05) is 0 Å². The average Bonchev–Trinajstić information content (AvgIpc) is 2.97. The molecule has 1 heterocycles. The minimum atomic E-state index is -2.39. The molecule has 0 aromatic carbocycles. The second kappa shape index (κ2) is 9.63. The quantitative estimate of drug-likeness (QED) is 0.474. The Hall–Kier alpha value is 0.389. The van der Waals surface area contributed by atoms with Crippen molar-refractivity contribution in [3.63, 3.8) is 0 Å². The Kier molecular flexibility index (Phi) is 8.94. The number of aliphatic hydroxyl groups is 1. The molecule has 128 valence electrons.